The van der Waals surface area contributed by atoms with E-state index in [0.717, 1.165) is 11.6 Å². The zero-order valence-corrected chi connectivity index (χ0v) is 19.4. The SMILES string of the molecule is Cc1cc(NC(=O)c2ccc(N3CCN(C(=O)c4ccccc4C(F)(F)F)CC3)nn2)ccc1Cl. The number of rotatable bonds is 4. The first-order valence-corrected chi connectivity index (χ1v) is 11.1. The Hall–Kier alpha value is -3.66. The van der Waals surface area contributed by atoms with Crippen molar-refractivity contribution in [1.82, 2.24) is 15.1 Å². The van der Waals surface area contributed by atoms with Crippen LogP contribution in [0.4, 0.5) is 24.7 Å². The highest BCUT2D eigenvalue weighted by Crippen LogP contribution is 2.32. The van der Waals surface area contributed by atoms with Crippen molar-refractivity contribution in [2.45, 2.75) is 13.1 Å². The number of hydrogen-bond donors (Lipinski definition) is 1. The van der Waals surface area contributed by atoms with Crippen molar-refractivity contribution in [2.75, 3.05) is 36.4 Å². The van der Waals surface area contributed by atoms with Crippen LogP contribution in [0, 0.1) is 6.92 Å². The number of carbonyl (C=O) groups is 2. The van der Waals surface area contributed by atoms with E-state index in [1.165, 1.54) is 29.2 Å². The van der Waals surface area contributed by atoms with E-state index in [1.807, 2.05) is 11.8 Å². The number of aromatic nitrogens is 2. The monoisotopic (exact) mass is 503 g/mol. The average Bonchev–Trinajstić information content (AvgIpc) is 2.85. The number of halogens is 4. The lowest BCUT2D eigenvalue weighted by molar-refractivity contribution is -0.138. The number of nitrogens with zero attached hydrogens (tertiary/aromatic N) is 4. The van der Waals surface area contributed by atoms with Gasteiger partial charge in [0.1, 0.15) is 0 Å². The fourth-order valence-corrected chi connectivity index (χ4v) is 3.88. The number of benzene rings is 2. The minimum absolute atomic E-state index is 0.124. The van der Waals surface area contributed by atoms with Crippen molar-refractivity contribution in [1.29, 1.82) is 0 Å². The third-order valence-corrected chi connectivity index (χ3v) is 6.08. The van der Waals surface area contributed by atoms with Crippen molar-refractivity contribution >= 4 is 34.9 Å². The Labute approximate surface area is 204 Å². The number of amides is 2. The number of piperazine rings is 1. The van der Waals surface area contributed by atoms with E-state index in [9.17, 15) is 22.8 Å². The zero-order chi connectivity index (χ0) is 25.2. The molecule has 1 aliphatic heterocycles. The molecule has 1 aromatic heterocycles. The molecule has 0 spiro atoms. The molecule has 1 saturated heterocycles. The fraction of sp³-hybridized carbons (Fsp3) is 0.250. The molecule has 2 aromatic carbocycles. The molecule has 0 radical (unpaired) electrons. The van der Waals surface area contributed by atoms with E-state index in [-0.39, 0.29) is 24.3 Å². The molecule has 4 rings (SSSR count). The summed E-state index contributed by atoms with van der Waals surface area (Å²) in [6.45, 7) is 3.01. The topological polar surface area (TPSA) is 78.4 Å². The van der Waals surface area contributed by atoms with Crippen LogP contribution in [-0.4, -0.2) is 53.1 Å². The molecule has 0 bridgehead atoms. The molecule has 0 aliphatic carbocycles. The molecular formula is C24H21ClF3N5O2. The molecule has 1 fully saturated rings. The summed E-state index contributed by atoms with van der Waals surface area (Å²) >= 11 is 6.00. The van der Waals surface area contributed by atoms with E-state index < -0.39 is 23.6 Å². The summed E-state index contributed by atoms with van der Waals surface area (Å²) in [5.74, 6) is -0.579. The van der Waals surface area contributed by atoms with E-state index in [2.05, 4.69) is 15.5 Å². The largest absolute Gasteiger partial charge is 0.417 e. The zero-order valence-electron chi connectivity index (χ0n) is 18.6. The Bertz CT molecular complexity index is 1240. The van der Waals surface area contributed by atoms with Gasteiger partial charge in [-0.15, -0.1) is 10.2 Å². The summed E-state index contributed by atoms with van der Waals surface area (Å²) in [6, 6.07) is 13.1. The van der Waals surface area contributed by atoms with Gasteiger partial charge in [-0.05, 0) is 55.0 Å². The van der Waals surface area contributed by atoms with Crippen molar-refractivity contribution in [3.05, 3.63) is 82.0 Å². The van der Waals surface area contributed by atoms with Crippen molar-refractivity contribution in [3.63, 3.8) is 0 Å². The molecule has 11 heteroatoms. The van der Waals surface area contributed by atoms with Crippen LogP contribution >= 0.6 is 11.6 Å². The van der Waals surface area contributed by atoms with Gasteiger partial charge in [-0.2, -0.15) is 13.2 Å². The molecule has 0 atom stereocenters. The Morgan fingerprint density at radius 2 is 1.69 bits per heavy atom. The Kier molecular flexibility index (Phi) is 6.93. The minimum atomic E-state index is -4.61. The Balaban J connectivity index is 1.37. The third kappa shape index (κ3) is 5.54. The molecule has 7 nitrogen and oxygen atoms in total. The van der Waals surface area contributed by atoms with Gasteiger partial charge < -0.3 is 15.1 Å². The highest BCUT2D eigenvalue weighted by Gasteiger charge is 2.36. The van der Waals surface area contributed by atoms with Gasteiger partial charge in [0.25, 0.3) is 11.8 Å². The molecule has 0 unspecified atom stereocenters. The predicted octanol–water partition coefficient (Wildman–Crippen LogP) is 4.67. The molecule has 182 valence electrons. The first kappa shape index (κ1) is 24.5. The highest BCUT2D eigenvalue weighted by atomic mass is 35.5. The molecule has 35 heavy (non-hydrogen) atoms. The smallest absolute Gasteiger partial charge is 0.352 e. The number of anilines is 2. The van der Waals surface area contributed by atoms with Crippen LogP contribution < -0.4 is 10.2 Å². The van der Waals surface area contributed by atoms with Gasteiger partial charge in [0.2, 0.25) is 0 Å². The molecule has 2 amide bonds. The lowest BCUT2D eigenvalue weighted by Crippen LogP contribution is -2.49. The van der Waals surface area contributed by atoms with Crippen LogP contribution in [0.5, 0.6) is 0 Å². The molecule has 0 saturated carbocycles. The predicted molar refractivity (Wildman–Crippen MR) is 126 cm³/mol. The van der Waals surface area contributed by atoms with E-state index in [4.69, 9.17) is 11.6 Å². The van der Waals surface area contributed by atoms with Gasteiger partial charge in [0, 0.05) is 36.9 Å². The highest BCUT2D eigenvalue weighted by molar-refractivity contribution is 6.31. The lowest BCUT2D eigenvalue weighted by Gasteiger charge is -2.35. The van der Waals surface area contributed by atoms with Crippen LogP contribution in [0.2, 0.25) is 5.02 Å². The van der Waals surface area contributed by atoms with E-state index in [0.29, 0.717) is 29.6 Å². The quantitative estimate of drug-likeness (QED) is 0.559. The Morgan fingerprint density at radius 1 is 0.971 bits per heavy atom. The van der Waals surface area contributed by atoms with Gasteiger partial charge in [0.15, 0.2) is 11.5 Å². The molecule has 3 aromatic rings. The first-order valence-electron chi connectivity index (χ1n) is 10.7. The van der Waals surface area contributed by atoms with Crippen molar-refractivity contribution in [3.8, 4) is 0 Å². The number of carbonyl (C=O) groups excluding carboxylic acids is 2. The standard InChI is InChI=1S/C24H21ClF3N5O2/c1-15-14-16(6-7-19(15)25)29-22(34)20-8-9-21(31-30-20)32-10-12-33(13-11-32)23(35)17-4-2-3-5-18(17)24(26,27)28/h2-9,14H,10-13H2,1H3,(H,29,34). The maximum absolute atomic E-state index is 13.3. The van der Waals surface area contributed by atoms with Crippen LogP contribution in [-0.2, 0) is 6.18 Å². The molecule has 1 N–H and O–H groups in total. The number of aryl methyl sites for hydroxylation is 1. The summed E-state index contributed by atoms with van der Waals surface area (Å²) < 4.78 is 39.8. The average molecular weight is 504 g/mol. The summed E-state index contributed by atoms with van der Waals surface area (Å²) in [4.78, 5) is 28.5. The van der Waals surface area contributed by atoms with Crippen LogP contribution in [0.1, 0.15) is 32.0 Å². The molecular weight excluding hydrogens is 483 g/mol. The lowest BCUT2D eigenvalue weighted by atomic mass is 10.1. The minimum Gasteiger partial charge on any atom is -0.352 e. The van der Waals surface area contributed by atoms with Crippen LogP contribution in [0.3, 0.4) is 0 Å². The second-order valence-electron chi connectivity index (χ2n) is 8.02. The van der Waals surface area contributed by atoms with Crippen LogP contribution in [0.25, 0.3) is 0 Å². The Morgan fingerprint density at radius 3 is 2.31 bits per heavy atom. The van der Waals surface area contributed by atoms with E-state index >= 15 is 0 Å². The van der Waals surface area contributed by atoms with Gasteiger partial charge in [0.05, 0.1) is 11.1 Å². The van der Waals surface area contributed by atoms with Gasteiger partial charge in [-0.25, -0.2) is 0 Å². The summed E-state index contributed by atoms with van der Waals surface area (Å²) in [6.07, 6.45) is -4.61. The molecule has 2 heterocycles. The second-order valence-corrected chi connectivity index (χ2v) is 8.42. The summed E-state index contributed by atoms with van der Waals surface area (Å²) in [7, 11) is 0. The number of nitrogens with one attached hydrogen (secondary N) is 1. The van der Waals surface area contributed by atoms with Gasteiger partial charge in [-0.1, -0.05) is 23.7 Å². The summed E-state index contributed by atoms with van der Waals surface area (Å²) in [5, 5.41) is 11.4. The second kappa shape index (κ2) is 9.91. The number of hydrogen-bond acceptors (Lipinski definition) is 5. The maximum atomic E-state index is 13.3. The third-order valence-electron chi connectivity index (χ3n) is 5.65. The normalized spacial score (nSPS) is 14.1. The van der Waals surface area contributed by atoms with E-state index in [1.54, 1.807) is 24.3 Å². The van der Waals surface area contributed by atoms with Crippen LogP contribution in [0.15, 0.2) is 54.6 Å². The molecule has 1 aliphatic rings. The first-order chi connectivity index (χ1) is 16.6. The van der Waals surface area contributed by atoms with Crippen molar-refractivity contribution in [2.24, 2.45) is 0 Å². The number of alkyl halides is 3. The fourth-order valence-electron chi connectivity index (χ4n) is 3.76. The van der Waals surface area contributed by atoms with Gasteiger partial charge >= 0.3 is 6.18 Å². The van der Waals surface area contributed by atoms with Crippen molar-refractivity contribution < 1.29 is 22.8 Å². The maximum Gasteiger partial charge on any atom is 0.417 e. The van der Waals surface area contributed by atoms with Gasteiger partial charge in [-0.3, -0.25) is 9.59 Å². The summed E-state index contributed by atoms with van der Waals surface area (Å²) in [5.41, 5.74) is 0.223.